The first kappa shape index (κ1) is 15.9. The zero-order valence-corrected chi connectivity index (χ0v) is 12.7. The maximum atomic E-state index is 12.1. The lowest BCUT2D eigenvalue weighted by Crippen LogP contribution is -2.46. The molecule has 0 bridgehead atoms. The Morgan fingerprint density at radius 2 is 2.14 bits per heavy atom. The molecular weight excluding hydrogens is 296 g/mol. The lowest BCUT2D eigenvalue weighted by Gasteiger charge is -2.29. The highest BCUT2D eigenvalue weighted by atomic mass is 32.2. The molecule has 0 radical (unpaired) electrons. The van der Waals surface area contributed by atoms with E-state index in [2.05, 4.69) is 9.82 Å². The number of nitrogens with zero attached hydrogens (tertiary/aromatic N) is 3. The molecule has 21 heavy (non-hydrogen) atoms. The Bertz CT molecular complexity index is 590. The number of carboxylic acid groups (broad SMARTS) is 1. The highest BCUT2D eigenvalue weighted by Gasteiger charge is 2.30. The van der Waals surface area contributed by atoms with Crippen LogP contribution in [0.3, 0.4) is 0 Å². The number of aromatic nitrogens is 2. The number of hydrogen-bond donors (Lipinski definition) is 2. The molecular formula is C12H20N4O4S. The molecule has 2 heterocycles. The molecule has 9 heteroatoms. The minimum Gasteiger partial charge on any atom is -0.481 e. The Morgan fingerprint density at radius 3 is 2.67 bits per heavy atom. The van der Waals surface area contributed by atoms with Crippen LogP contribution in [0.25, 0.3) is 0 Å². The SMILES string of the molecule is Cn1nccc1CCNS(=O)(=O)N1CCC(C(=O)O)CC1. The Labute approximate surface area is 123 Å². The second kappa shape index (κ2) is 6.54. The molecule has 1 aliphatic rings. The van der Waals surface area contributed by atoms with Gasteiger partial charge in [0.15, 0.2) is 0 Å². The van der Waals surface area contributed by atoms with Crippen LogP contribution in [0.4, 0.5) is 0 Å². The summed E-state index contributed by atoms with van der Waals surface area (Å²) < 4.78 is 29.8. The third kappa shape index (κ3) is 4.02. The zero-order chi connectivity index (χ0) is 15.5. The highest BCUT2D eigenvalue weighted by Crippen LogP contribution is 2.19. The van der Waals surface area contributed by atoms with E-state index in [0.717, 1.165) is 5.69 Å². The van der Waals surface area contributed by atoms with E-state index >= 15 is 0 Å². The number of piperidine rings is 1. The summed E-state index contributed by atoms with van der Waals surface area (Å²) in [5, 5.41) is 12.9. The zero-order valence-electron chi connectivity index (χ0n) is 11.9. The Hall–Kier alpha value is -1.45. The van der Waals surface area contributed by atoms with Gasteiger partial charge in [0.05, 0.1) is 5.92 Å². The monoisotopic (exact) mass is 316 g/mol. The minimum atomic E-state index is -3.54. The molecule has 0 aromatic carbocycles. The number of aliphatic carboxylic acids is 1. The standard InChI is InChI=1S/C12H20N4O4S/c1-15-11(2-6-13-15)3-7-14-21(19,20)16-8-4-10(5-9-16)12(17)18/h2,6,10,14H,3-5,7-9H2,1H3,(H,17,18). The van der Waals surface area contributed by atoms with Crippen LogP contribution >= 0.6 is 0 Å². The van der Waals surface area contributed by atoms with Gasteiger partial charge in [0.1, 0.15) is 0 Å². The first-order valence-corrected chi connectivity index (χ1v) is 8.28. The summed E-state index contributed by atoms with van der Waals surface area (Å²) in [7, 11) is -1.73. The van der Waals surface area contributed by atoms with Crippen LogP contribution in [0.5, 0.6) is 0 Å². The van der Waals surface area contributed by atoms with Crippen molar-refractivity contribution in [2.45, 2.75) is 19.3 Å². The van der Waals surface area contributed by atoms with Crippen LogP contribution in [-0.2, 0) is 28.5 Å². The third-order valence-corrected chi connectivity index (χ3v) is 5.35. The van der Waals surface area contributed by atoms with Crippen molar-refractivity contribution in [3.63, 3.8) is 0 Å². The van der Waals surface area contributed by atoms with Crippen LogP contribution in [0, 0.1) is 5.92 Å². The van der Waals surface area contributed by atoms with E-state index in [1.165, 1.54) is 4.31 Å². The van der Waals surface area contributed by atoms with Gasteiger partial charge < -0.3 is 5.11 Å². The first-order chi connectivity index (χ1) is 9.90. The van der Waals surface area contributed by atoms with Crippen LogP contribution in [-0.4, -0.2) is 53.2 Å². The van der Waals surface area contributed by atoms with Crippen molar-refractivity contribution in [1.29, 1.82) is 0 Å². The molecule has 1 aliphatic heterocycles. The number of nitrogens with one attached hydrogen (secondary N) is 1. The Kier molecular flexibility index (Phi) is 4.96. The fourth-order valence-corrected chi connectivity index (χ4v) is 3.62. The van der Waals surface area contributed by atoms with Gasteiger partial charge >= 0.3 is 5.97 Å². The van der Waals surface area contributed by atoms with Crippen molar-refractivity contribution in [2.75, 3.05) is 19.6 Å². The van der Waals surface area contributed by atoms with Crippen molar-refractivity contribution in [3.8, 4) is 0 Å². The van der Waals surface area contributed by atoms with Crippen molar-refractivity contribution >= 4 is 16.2 Å². The second-order valence-electron chi connectivity index (χ2n) is 5.11. The molecule has 1 fully saturated rings. The molecule has 2 rings (SSSR count). The number of hydrogen-bond acceptors (Lipinski definition) is 4. The Balaban J connectivity index is 1.82. The molecule has 0 saturated carbocycles. The molecule has 0 amide bonds. The predicted molar refractivity (Wildman–Crippen MR) is 75.8 cm³/mol. The summed E-state index contributed by atoms with van der Waals surface area (Å²) in [4.78, 5) is 10.9. The van der Waals surface area contributed by atoms with Crippen LogP contribution in [0.15, 0.2) is 12.3 Å². The topological polar surface area (TPSA) is 105 Å². The largest absolute Gasteiger partial charge is 0.481 e. The van der Waals surface area contributed by atoms with E-state index in [1.54, 1.807) is 17.9 Å². The van der Waals surface area contributed by atoms with Crippen LogP contribution < -0.4 is 4.72 Å². The minimum absolute atomic E-state index is 0.248. The summed E-state index contributed by atoms with van der Waals surface area (Å²) in [6, 6.07) is 1.84. The van der Waals surface area contributed by atoms with E-state index in [0.29, 0.717) is 25.8 Å². The summed E-state index contributed by atoms with van der Waals surface area (Å²) in [5.41, 5.74) is 0.947. The average molecular weight is 316 g/mol. The maximum Gasteiger partial charge on any atom is 0.306 e. The highest BCUT2D eigenvalue weighted by molar-refractivity contribution is 7.87. The number of carboxylic acids is 1. The summed E-state index contributed by atoms with van der Waals surface area (Å²) in [6.45, 7) is 0.788. The van der Waals surface area contributed by atoms with Gasteiger partial charge in [-0.05, 0) is 18.9 Å². The van der Waals surface area contributed by atoms with Gasteiger partial charge in [-0.3, -0.25) is 9.48 Å². The first-order valence-electron chi connectivity index (χ1n) is 6.84. The molecule has 118 valence electrons. The fourth-order valence-electron chi connectivity index (χ4n) is 2.39. The van der Waals surface area contributed by atoms with Gasteiger partial charge in [0.25, 0.3) is 10.2 Å². The van der Waals surface area contributed by atoms with Crippen molar-refractivity contribution < 1.29 is 18.3 Å². The molecule has 8 nitrogen and oxygen atoms in total. The molecule has 1 aromatic rings. The molecule has 2 N–H and O–H groups in total. The lowest BCUT2D eigenvalue weighted by molar-refractivity contribution is -0.142. The third-order valence-electron chi connectivity index (χ3n) is 3.73. The summed E-state index contributed by atoms with van der Waals surface area (Å²) in [6.07, 6.45) is 2.94. The molecule has 0 spiro atoms. The summed E-state index contributed by atoms with van der Waals surface area (Å²) in [5.74, 6) is -1.29. The van der Waals surface area contributed by atoms with Crippen LogP contribution in [0.1, 0.15) is 18.5 Å². The van der Waals surface area contributed by atoms with E-state index < -0.39 is 22.1 Å². The van der Waals surface area contributed by atoms with E-state index in [4.69, 9.17) is 5.11 Å². The number of carbonyl (C=O) groups is 1. The maximum absolute atomic E-state index is 12.1. The normalized spacial score (nSPS) is 18.0. The fraction of sp³-hybridized carbons (Fsp3) is 0.667. The molecule has 0 atom stereocenters. The number of aryl methyl sites for hydroxylation is 1. The molecule has 0 aliphatic carbocycles. The van der Waals surface area contributed by atoms with Gasteiger partial charge in [-0.1, -0.05) is 0 Å². The second-order valence-corrected chi connectivity index (χ2v) is 6.86. The van der Waals surface area contributed by atoms with Crippen molar-refractivity contribution in [3.05, 3.63) is 18.0 Å². The number of rotatable bonds is 6. The van der Waals surface area contributed by atoms with Crippen molar-refractivity contribution in [2.24, 2.45) is 13.0 Å². The quantitative estimate of drug-likeness (QED) is 0.742. The molecule has 1 aromatic heterocycles. The Morgan fingerprint density at radius 1 is 1.48 bits per heavy atom. The summed E-state index contributed by atoms with van der Waals surface area (Å²) >= 11 is 0. The van der Waals surface area contributed by atoms with E-state index in [-0.39, 0.29) is 13.1 Å². The van der Waals surface area contributed by atoms with Crippen molar-refractivity contribution in [1.82, 2.24) is 18.8 Å². The van der Waals surface area contributed by atoms with Gasteiger partial charge in [0, 0.05) is 45.0 Å². The van der Waals surface area contributed by atoms with Gasteiger partial charge in [-0.25, -0.2) is 4.72 Å². The van der Waals surface area contributed by atoms with E-state index in [1.807, 2.05) is 6.07 Å². The van der Waals surface area contributed by atoms with E-state index in [9.17, 15) is 13.2 Å². The predicted octanol–water partition coefficient (Wildman–Crippen LogP) is -0.406. The molecule has 1 saturated heterocycles. The lowest BCUT2D eigenvalue weighted by atomic mass is 9.99. The van der Waals surface area contributed by atoms with Gasteiger partial charge in [0.2, 0.25) is 0 Å². The molecule has 0 unspecified atom stereocenters. The smallest absolute Gasteiger partial charge is 0.306 e. The van der Waals surface area contributed by atoms with Gasteiger partial charge in [-0.2, -0.15) is 17.8 Å². The van der Waals surface area contributed by atoms with Crippen LogP contribution in [0.2, 0.25) is 0 Å². The van der Waals surface area contributed by atoms with Gasteiger partial charge in [-0.15, -0.1) is 0 Å². The average Bonchev–Trinajstić information content (AvgIpc) is 2.84.